The number of rotatable bonds is 6. The Morgan fingerprint density at radius 3 is 1.19 bits per heavy atom. The molecule has 48 heavy (non-hydrogen) atoms. The second-order valence-electron chi connectivity index (χ2n) is 13.1. The normalized spacial score (nSPS) is 11.7. The van der Waals surface area contributed by atoms with Gasteiger partial charge in [0.2, 0.25) is 0 Å². The molecule has 0 aliphatic rings. The van der Waals surface area contributed by atoms with Gasteiger partial charge in [-0.1, -0.05) is 121 Å². The van der Waals surface area contributed by atoms with Gasteiger partial charge >= 0.3 is 0 Å². The first kappa shape index (κ1) is 29.5. The fourth-order valence-corrected chi connectivity index (χ4v) is 7.00. The molecule has 2 heteroatoms. The van der Waals surface area contributed by atoms with Gasteiger partial charge in [0, 0.05) is 39.6 Å². The van der Waals surface area contributed by atoms with Crippen LogP contribution in [0, 0.1) is 0 Å². The number of anilines is 2. The van der Waals surface area contributed by atoms with E-state index in [2.05, 4.69) is 196 Å². The molecule has 8 aromatic rings. The summed E-state index contributed by atoms with van der Waals surface area (Å²) in [5, 5.41) is 10.0. The summed E-state index contributed by atoms with van der Waals surface area (Å²) in [6, 6.07) is 53.5. The van der Waals surface area contributed by atoms with Crippen LogP contribution < -0.4 is 9.80 Å². The zero-order valence-electron chi connectivity index (χ0n) is 27.9. The third-order valence-corrected chi connectivity index (χ3v) is 9.59. The molecule has 0 saturated carbocycles. The van der Waals surface area contributed by atoms with Gasteiger partial charge in [0.1, 0.15) is 0 Å². The Morgan fingerprint density at radius 2 is 0.750 bits per heavy atom. The van der Waals surface area contributed by atoms with Crippen molar-refractivity contribution in [2.45, 2.75) is 0 Å². The summed E-state index contributed by atoms with van der Waals surface area (Å²) in [6.07, 6.45) is 4.50. The van der Waals surface area contributed by atoms with Crippen LogP contribution in [0.2, 0.25) is 0 Å². The largest absolute Gasteiger partial charge is 0.378 e. The highest BCUT2D eigenvalue weighted by molar-refractivity contribution is 6.09. The lowest BCUT2D eigenvalue weighted by molar-refractivity contribution is 1.14. The quantitative estimate of drug-likeness (QED) is 0.171. The summed E-state index contributed by atoms with van der Waals surface area (Å²) in [5.74, 6) is 0. The fourth-order valence-electron chi connectivity index (χ4n) is 7.00. The number of nitrogens with zero attached hydrogens (tertiary/aromatic N) is 2. The molecule has 0 aliphatic heterocycles. The predicted molar refractivity (Wildman–Crippen MR) is 211 cm³/mol. The second-order valence-corrected chi connectivity index (χ2v) is 13.1. The number of fused-ring (bicyclic) bond motifs is 4. The Kier molecular flexibility index (Phi) is 7.42. The maximum atomic E-state index is 2.34. The Hall–Kier alpha value is -5.86. The van der Waals surface area contributed by atoms with E-state index in [-0.39, 0.29) is 0 Å². The number of hydrogen-bond donors (Lipinski definition) is 0. The molecule has 0 unspecified atom stereocenters. The highest BCUT2D eigenvalue weighted by atomic mass is 15.1. The highest BCUT2D eigenvalue weighted by Crippen LogP contribution is 2.39. The molecule has 8 aromatic carbocycles. The average Bonchev–Trinajstić information content (AvgIpc) is 3.12. The Balaban J connectivity index is 1.25. The minimum absolute atomic E-state index is 1.18. The van der Waals surface area contributed by atoms with Crippen molar-refractivity contribution in [2.75, 3.05) is 38.0 Å². The van der Waals surface area contributed by atoms with Gasteiger partial charge in [-0.05, 0) is 113 Å². The van der Waals surface area contributed by atoms with Gasteiger partial charge in [0.15, 0.2) is 0 Å². The van der Waals surface area contributed by atoms with Gasteiger partial charge in [-0.15, -0.1) is 0 Å². The molecule has 0 N–H and O–H groups in total. The third kappa shape index (κ3) is 5.36. The van der Waals surface area contributed by atoms with Crippen molar-refractivity contribution in [1.82, 2.24) is 0 Å². The van der Waals surface area contributed by atoms with Crippen LogP contribution in [0.5, 0.6) is 0 Å². The van der Waals surface area contributed by atoms with Crippen molar-refractivity contribution in [3.8, 4) is 22.3 Å². The zero-order chi connectivity index (χ0) is 32.8. The molecule has 0 atom stereocenters. The van der Waals surface area contributed by atoms with Gasteiger partial charge in [-0.2, -0.15) is 0 Å². The van der Waals surface area contributed by atoms with Crippen LogP contribution in [0.4, 0.5) is 11.4 Å². The average molecular weight is 619 g/mol. The van der Waals surface area contributed by atoms with Gasteiger partial charge in [0.25, 0.3) is 0 Å². The molecular formula is C46H38N2. The van der Waals surface area contributed by atoms with Crippen LogP contribution in [-0.4, -0.2) is 28.2 Å². The van der Waals surface area contributed by atoms with E-state index in [4.69, 9.17) is 0 Å². The standard InChI is InChI=1S/C46H38N2/c1-47(2)37-27-35-23-21-31(25-43(35)45(29-37)41-17-9-13-33-11-5-7-15-39(33)41)19-20-32-22-24-36-28-38(48(3)4)30-46(44(36)26-32)42-18-10-14-34-12-6-8-16-40(34)42/h5-30H,1-4H3/b20-19+. The fraction of sp³-hybridized carbons (Fsp3) is 0.0870. The first-order valence-corrected chi connectivity index (χ1v) is 16.6. The molecule has 0 fully saturated rings. The topological polar surface area (TPSA) is 6.48 Å². The lowest BCUT2D eigenvalue weighted by Gasteiger charge is -2.18. The van der Waals surface area contributed by atoms with Crippen LogP contribution in [0.3, 0.4) is 0 Å². The molecular weight excluding hydrogens is 581 g/mol. The molecule has 0 amide bonds. The summed E-state index contributed by atoms with van der Waals surface area (Å²) in [4.78, 5) is 4.38. The minimum Gasteiger partial charge on any atom is -0.378 e. The van der Waals surface area contributed by atoms with E-state index in [0.29, 0.717) is 0 Å². The molecule has 0 aromatic heterocycles. The lowest BCUT2D eigenvalue weighted by Crippen LogP contribution is -2.08. The second kappa shape index (κ2) is 12.1. The van der Waals surface area contributed by atoms with E-state index < -0.39 is 0 Å². The summed E-state index contributed by atoms with van der Waals surface area (Å²) in [5.41, 5.74) is 9.79. The Bertz CT molecular complexity index is 2330. The molecule has 0 bridgehead atoms. The zero-order valence-corrected chi connectivity index (χ0v) is 27.9. The maximum Gasteiger partial charge on any atom is 0.0373 e. The van der Waals surface area contributed by atoms with Crippen molar-refractivity contribution in [3.63, 3.8) is 0 Å². The van der Waals surface area contributed by atoms with E-state index in [1.807, 2.05) is 0 Å². The molecule has 0 saturated heterocycles. The summed E-state index contributed by atoms with van der Waals surface area (Å²) in [7, 11) is 8.45. The van der Waals surface area contributed by atoms with Crippen LogP contribution in [0.1, 0.15) is 11.1 Å². The first-order valence-electron chi connectivity index (χ1n) is 16.6. The Morgan fingerprint density at radius 1 is 0.333 bits per heavy atom. The molecule has 8 rings (SSSR count). The molecule has 0 spiro atoms. The highest BCUT2D eigenvalue weighted by Gasteiger charge is 2.13. The summed E-state index contributed by atoms with van der Waals surface area (Å²) in [6.45, 7) is 0. The molecule has 0 radical (unpaired) electrons. The van der Waals surface area contributed by atoms with Gasteiger partial charge in [0.05, 0.1) is 0 Å². The van der Waals surface area contributed by atoms with E-state index in [9.17, 15) is 0 Å². The van der Waals surface area contributed by atoms with Crippen LogP contribution in [0.25, 0.3) is 77.5 Å². The molecule has 2 nitrogen and oxygen atoms in total. The summed E-state index contributed by atoms with van der Waals surface area (Å²) < 4.78 is 0. The van der Waals surface area contributed by atoms with Crippen LogP contribution >= 0.6 is 0 Å². The predicted octanol–water partition coefficient (Wildman–Crippen LogP) is 11.9. The molecule has 0 aliphatic carbocycles. The van der Waals surface area contributed by atoms with Gasteiger partial charge < -0.3 is 9.80 Å². The van der Waals surface area contributed by atoms with Crippen molar-refractivity contribution in [3.05, 3.63) is 157 Å². The van der Waals surface area contributed by atoms with Crippen molar-refractivity contribution >= 4 is 66.6 Å². The van der Waals surface area contributed by atoms with E-state index in [1.54, 1.807) is 0 Å². The van der Waals surface area contributed by atoms with Crippen LogP contribution in [0.15, 0.2) is 146 Å². The van der Waals surface area contributed by atoms with E-state index >= 15 is 0 Å². The smallest absolute Gasteiger partial charge is 0.0373 e. The monoisotopic (exact) mass is 618 g/mol. The third-order valence-electron chi connectivity index (χ3n) is 9.59. The van der Waals surface area contributed by atoms with Crippen LogP contribution in [-0.2, 0) is 0 Å². The van der Waals surface area contributed by atoms with Crippen molar-refractivity contribution in [1.29, 1.82) is 0 Å². The number of hydrogen-bond acceptors (Lipinski definition) is 2. The van der Waals surface area contributed by atoms with Gasteiger partial charge in [-0.25, -0.2) is 0 Å². The van der Waals surface area contributed by atoms with E-state index in [0.717, 1.165) is 0 Å². The molecule has 0 heterocycles. The minimum atomic E-state index is 1.18. The Labute approximate surface area is 282 Å². The first-order chi connectivity index (χ1) is 23.4. The maximum absolute atomic E-state index is 2.34. The SMILES string of the molecule is CN(C)c1cc(-c2cccc3ccccc23)c2cc(/C=C/c3ccc4cc(N(C)C)cc(-c5cccc6ccccc56)c4c3)ccc2c1. The number of benzene rings is 8. The summed E-state index contributed by atoms with van der Waals surface area (Å²) >= 11 is 0. The van der Waals surface area contributed by atoms with Crippen molar-refractivity contribution < 1.29 is 0 Å². The van der Waals surface area contributed by atoms with Crippen molar-refractivity contribution in [2.24, 2.45) is 0 Å². The molecule has 232 valence electrons. The lowest BCUT2D eigenvalue weighted by atomic mass is 9.91. The van der Waals surface area contributed by atoms with E-state index in [1.165, 1.54) is 87.8 Å². The van der Waals surface area contributed by atoms with Gasteiger partial charge in [-0.3, -0.25) is 0 Å².